The third-order valence-electron chi connectivity index (χ3n) is 3.72. The highest BCUT2D eigenvalue weighted by Crippen LogP contribution is 2.33. The predicted octanol–water partition coefficient (Wildman–Crippen LogP) is 4.03. The minimum atomic E-state index is 0.157. The van der Waals surface area contributed by atoms with Crippen LogP contribution in [-0.4, -0.2) is 20.3 Å². The number of hydrogen-bond acceptors (Lipinski definition) is 4. The van der Waals surface area contributed by atoms with Gasteiger partial charge in [-0.1, -0.05) is 12.1 Å². The average Bonchev–Trinajstić information content (AvgIpc) is 2.79. The van der Waals surface area contributed by atoms with E-state index in [-0.39, 0.29) is 6.04 Å². The highest BCUT2D eigenvalue weighted by Gasteiger charge is 2.13. The molecule has 0 fully saturated rings. The van der Waals surface area contributed by atoms with Gasteiger partial charge in [-0.3, -0.25) is 0 Å². The lowest BCUT2D eigenvalue weighted by Crippen LogP contribution is -2.07. The van der Waals surface area contributed by atoms with Gasteiger partial charge in [0.05, 0.1) is 20.3 Å². The van der Waals surface area contributed by atoms with Crippen LogP contribution in [0.25, 0.3) is 0 Å². The Labute approximate surface area is 131 Å². The van der Waals surface area contributed by atoms with E-state index in [9.17, 15) is 0 Å². The van der Waals surface area contributed by atoms with Crippen LogP contribution in [-0.2, 0) is 0 Å². The third kappa shape index (κ3) is 3.27. The number of nitrogens with one attached hydrogen (secondary N) is 1. The molecule has 0 spiro atoms. The van der Waals surface area contributed by atoms with Crippen LogP contribution in [0.1, 0.15) is 24.9 Å². The van der Waals surface area contributed by atoms with Gasteiger partial charge in [0.15, 0.2) is 11.5 Å². The Kier molecular flexibility index (Phi) is 4.37. The van der Waals surface area contributed by atoms with Crippen LogP contribution in [0.4, 0.5) is 5.69 Å². The number of anilines is 1. The summed E-state index contributed by atoms with van der Waals surface area (Å²) >= 11 is 0. The van der Waals surface area contributed by atoms with Crippen molar-refractivity contribution in [3.8, 4) is 17.2 Å². The molecule has 2 aromatic rings. The van der Waals surface area contributed by atoms with Gasteiger partial charge in [-0.25, -0.2) is 0 Å². The molecule has 2 aromatic carbocycles. The SMILES string of the molecule is COc1cccc(NC(C)c2ccc3c(c2)OCCCO3)c1. The smallest absolute Gasteiger partial charge is 0.161 e. The summed E-state index contributed by atoms with van der Waals surface area (Å²) in [5, 5.41) is 3.48. The zero-order valence-electron chi connectivity index (χ0n) is 13.0. The van der Waals surface area contributed by atoms with Crippen LogP contribution in [0.15, 0.2) is 42.5 Å². The van der Waals surface area contributed by atoms with E-state index >= 15 is 0 Å². The molecule has 4 nitrogen and oxygen atoms in total. The van der Waals surface area contributed by atoms with Gasteiger partial charge in [0.1, 0.15) is 5.75 Å². The summed E-state index contributed by atoms with van der Waals surface area (Å²) in [7, 11) is 1.67. The van der Waals surface area contributed by atoms with E-state index in [0.29, 0.717) is 13.2 Å². The number of methoxy groups -OCH3 is 1. The van der Waals surface area contributed by atoms with Crippen molar-refractivity contribution < 1.29 is 14.2 Å². The molecule has 0 aliphatic carbocycles. The molecule has 0 saturated carbocycles. The molecule has 1 heterocycles. The van der Waals surface area contributed by atoms with Gasteiger partial charge >= 0.3 is 0 Å². The highest BCUT2D eigenvalue weighted by molar-refractivity contribution is 5.51. The molecule has 0 radical (unpaired) electrons. The van der Waals surface area contributed by atoms with Crippen LogP contribution < -0.4 is 19.5 Å². The second-order valence-electron chi connectivity index (χ2n) is 5.35. The molecule has 0 saturated heterocycles. The number of ether oxygens (including phenoxy) is 3. The first kappa shape index (κ1) is 14.6. The largest absolute Gasteiger partial charge is 0.497 e. The second-order valence-corrected chi connectivity index (χ2v) is 5.35. The van der Waals surface area contributed by atoms with E-state index in [0.717, 1.165) is 34.9 Å². The minimum absolute atomic E-state index is 0.157. The highest BCUT2D eigenvalue weighted by atomic mass is 16.5. The maximum absolute atomic E-state index is 5.75. The average molecular weight is 299 g/mol. The lowest BCUT2D eigenvalue weighted by atomic mass is 10.1. The van der Waals surface area contributed by atoms with Crippen molar-refractivity contribution in [2.75, 3.05) is 25.6 Å². The third-order valence-corrected chi connectivity index (χ3v) is 3.72. The van der Waals surface area contributed by atoms with Gasteiger partial charge in [-0.05, 0) is 36.8 Å². The van der Waals surface area contributed by atoms with Crippen LogP contribution in [0.2, 0.25) is 0 Å². The second kappa shape index (κ2) is 6.60. The summed E-state index contributed by atoms with van der Waals surface area (Å²) in [5.41, 5.74) is 2.19. The van der Waals surface area contributed by atoms with Gasteiger partial charge < -0.3 is 19.5 Å². The summed E-state index contributed by atoms with van der Waals surface area (Å²) in [6.45, 7) is 3.54. The predicted molar refractivity (Wildman–Crippen MR) is 87.1 cm³/mol. The fourth-order valence-electron chi connectivity index (χ4n) is 2.50. The Balaban J connectivity index is 1.77. The van der Waals surface area contributed by atoms with Gasteiger partial charge in [0.2, 0.25) is 0 Å². The zero-order chi connectivity index (χ0) is 15.4. The number of fused-ring (bicyclic) bond motifs is 1. The standard InChI is InChI=1S/C18H21NO3/c1-13(19-15-5-3-6-16(12-15)20-2)14-7-8-17-18(11-14)22-10-4-9-21-17/h3,5-8,11-13,19H,4,9-10H2,1-2H3. The van der Waals surface area contributed by atoms with Crippen molar-refractivity contribution in [2.24, 2.45) is 0 Å². The Morgan fingerprint density at radius 1 is 1.05 bits per heavy atom. The molecule has 116 valence electrons. The van der Waals surface area contributed by atoms with Crippen LogP contribution in [0, 0.1) is 0 Å². The molecule has 1 atom stereocenters. The van der Waals surface area contributed by atoms with Crippen molar-refractivity contribution in [3.63, 3.8) is 0 Å². The molecule has 1 unspecified atom stereocenters. The van der Waals surface area contributed by atoms with E-state index in [2.05, 4.69) is 24.4 Å². The normalized spacial score (nSPS) is 14.8. The molecule has 0 bridgehead atoms. The first-order valence-corrected chi connectivity index (χ1v) is 7.56. The number of benzene rings is 2. The van der Waals surface area contributed by atoms with Crippen molar-refractivity contribution in [1.82, 2.24) is 0 Å². The van der Waals surface area contributed by atoms with Gasteiger partial charge in [0.25, 0.3) is 0 Å². The lowest BCUT2D eigenvalue weighted by Gasteiger charge is -2.18. The van der Waals surface area contributed by atoms with E-state index in [1.165, 1.54) is 0 Å². The molecule has 3 rings (SSSR count). The number of hydrogen-bond donors (Lipinski definition) is 1. The zero-order valence-corrected chi connectivity index (χ0v) is 13.0. The van der Waals surface area contributed by atoms with E-state index in [1.54, 1.807) is 7.11 Å². The maximum Gasteiger partial charge on any atom is 0.161 e. The molecule has 0 amide bonds. The molecule has 22 heavy (non-hydrogen) atoms. The number of rotatable bonds is 4. The van der Waals surface area contributed by atoms with E-state index in [4.69, 9.17) is 14.2 Å². The Bertz CT molecular complexity index is 642. The lowest BCUT2D eigenvalue weighted by molar-refractivity contribution is 0.297. The van der Waals surface area contributed by atoms with Crippen molar-refractivity contribution >= 4 is 5.69 Å². The van der Waals surface area contributed by atoms with Gasteiger partial charge in [-0.15, -0.1) is 0 Å². The fraction of sp³-hybridized carbons (Fsp3) is 0.333. The summed E-state index contributed by atoms with van der Waals surface area (Å²) in [6.07, 6.45) is 0.918. The molecular formula is C18H21NO3. The van der Waals surface area contributed by atoms with Crippen molar-refractivity contribution in [1.29, 1.82) is 0 Å². The Morgan fingerprint density at radius 2 is 1.86 bits per heavy atom. The quantitative estimate of drug-likeness (QED) is 0.925. The molecule has 1 aliphatic rings. The maximum atomic E-state index is 5.75. The summed E-state index contributed by atoms with van der Waals surface area (Å²) in [6, 6.07) is 14.2. The molecular weight excluding hydrogens is 278 g/mol. The minimum Gasteiger partial charge on any atom is -0.497 e. The topological polar surface area (TPSA) is 39.7 Å². The molecule has 0 aromatic heterocycles. The van der Waals surface area contributed by atoms with Crippen LogP contribution in [0.3, 0.4) is 0 Å². The molecule has 1 N–H and O–H groups in total. The summed E-state index contributed by atoms with van der Waals surface area (Å²) in [4.78, 5) is 0. The summed E-state index contributed by atoms with van der Waals surface area (Å²) < 4.78 is 16.7. The Hall–Kier alpha value is -2.36. The van der Waals surface area contributed by atoms with Gasteiger partial charge in [0, 0.05) is 24.2 Å². The fourth-order valence-corrected chi connectivity index (χ4v) is 2.50. The first-order chi connectivity index (χ1) is 10.8. The Morgan fingerprint density at radius 3 is 2.68 bits per heavy atom. The van der Waals surface area contributed by atoms with Crippen LogP contribution in [0.5, 0.6) is 17.2 Å². The summed E-state index contributed by atoms with van der Waals surface area (Å²) in [5.74, 6) is 2.50. The molecule has 4 heteroatoms. The van der Waals surface area contributed by atoms with Gasteiger partial charge in [-0.2, -0.15) is 0 Å². The van der Waals surface area contributed by atoms with Crippen molar-refractivity contribution in [2.45, 2.75) is 19.4 Å². The van der Waals surface area contributed by atoms with E-state index in [1.807, 2.05) is 30.3 Å². The van der Waals surface area contributed by atoms with Crippen LogP contribution >= 0.6 is 0 Å². The van der Waals surface area contributed by atoms with Crippen molar-refractivity contribution in [3.05, 3.63) is 48.0 Å². The van der Waals surface area contributed by atoms with E-state index < -0.39 is 0 Å². The monoisotopic (exact) mass is 299 g/mol. The first-order valence-electron chi connectivity index (χ1n) is 7.56. The molecule has 1 aliphatic heterocycles.